The van der Waals surface area contributed by atoms with Crippen LogP contribution in [-0.2, 0) is 6.18 Å². The minimum atomic E-state index is -4.40. The number of halogens is 3. The van der Waals surface area contributed by atoms with Gasteiger partial charge < -0.3 is 4.74 Å². The number of aryl methyl sites for hydroxylation is 2. The predicted octanol–water partition coefficient (Wildman–Crippen LogP) is 8.22. The molecule has 5 heteroatoms. The Morgan fingerprint density at radius 3 is 2.17 bits per heavy atom. The van der Waals surface area contributed by atoms with Crippen molar-refractivity contribution in [3.8, 4) is 16.9 Å². The Balaban J connectivity index is 1.99. The fourth-order valence-corrected chi connectivity index (χ4v) is 4.42. The van der Waals surface area contributed by atoms with Gasteiger partial charge in [0.05, 0.1) is 5.56 Å². The van der Waals surface area contributed by atoms with Gasteiger partial charge in [0.2, 0.25) is 0 Å². The zero-order valence-corrected chi connectivity index (χ0v) is 17.8. The van der Waals surface area contributed by atoms with Crippen LogP contribution >= 0.6 is 11.3 Å². The second-order valence-electron chi connectivity index (χ2n) is 7.73. The number of hydrogen-bond donors (Lipinski definition) is 0. The van der Waals surface area contributed by atoms with Crippen LogP contribution in [0.5, 0.6) is 5.75 Å². The van der Waals surface area contributed by atoms with E-state index >= 15 is 0 Å². The number of rotatable bonds is 6. The van der Waals surface area contributed by atoms with Crippen molar-refractivity contribution in [1.29, 1.82) is 0 Å². The Bertz CT molecular complexity index is 936. The second kappa shape index (κ2) is 8.62. The van der Waals surface area contributed by atoms with Gasteiger partial charge in [0.25, 0.3) is 0 Å². The maximum absolute atomic E-state index is 13.5. The molecule has 1 aromatic heterocycles. The monoisotopic (exact) mass is 418 g/mol. The molecule has 0 N–H and O–H groups in total. The molecule has 0 saturated heterocycles. The number of ether oxygens (including phenoxy) is 1. The third kappa shape index (κ3) is 5.02. The number of alkyl halides is 3. The van der Waals surface area contributed by atoms with Crippen molar-refractivity contribution in [3.05, 3.63) is 75.5 Å². The minimum absolute atomic E-state index is 0.0675. The Hall–Kier alpha value is -2.27. The summed E-state index contributed by atoms with van der Waals surface area (Å²) < 4.78 is 46.8. The Kier molecular flexibility index (Phi) is 6.37. The summed E-state index contributed by atoms with van der Waals surface area (Å²) in [4.78, 5) is 1.15. The first-order valence-electron chi connectivity index (χ1n) is 9.64. The highest BCUT2D eigenvalue weighted by atomic mass is 32.1. The van der Waals surface area contributed by atoms with Crippen molar-refractivity contribution >= 4 is 11.3 Å². The van der Waals surface area contributed by atoms with Gasteiger partial charge >= 0.3 is 6.18 Å². The fourth-order valence-electron chi connectivity index (χ4n) is 3.65. The fraction of sp³-hybridized carbons (Fsp3) is 0.333. The van der Waals surface area contributed by atoms with Gasteiger partial charge in [-0.2, -0.15) is 13.2 Å². The molecular weight excluding hydrogens is 393 g/mol. The lowest BCUT2D eigenvalue weighted by Crippen LogP contribution is -2.10. The molecule has 0 aliphatic carbocycles. The van der Waals surface area contributed by atoms with Crippen molar-refractivity contribution in [3.63, 3.8) is 0 Å². The molecule has 0 amide bonds. The van der Waals surface area contributed by atoms with Crippen LogP contribution < -0.4 is 4.74 Å². The molecule has 0 aliphatic heterocycles. The molecule has 0 saturated carbocycles. The number of hydrogen-bond acceptors (Lipinski definition) is 2. The van der Waals surface area contributed by atoms with Gasteiger partial charge in [0, 0.05) is 4.88 Å². The van der Waals surface area contributed by atoms with Gasteiger partial charge in [0.15, 0.2) is 0 Å². The van der Waals surface area contributed by atoms with Crippen LogP contribution in [0.4, 0.5) is 13.2 Å². The minimum Gasteiger partial charge on any atom is -0.485 e. The smallest absolute Gasteiger partial charge is 0.417 e. The largest absolute Gasteiger partial charge is 0.485 e. The molecule has 0 spiro atoms. The molecule has 29 heavy (non-hydrogen) atoms. The van der Waals surface area contributed by atoms with Crippen LogP contribution in [0.3, 0.4) is 0 Å². The predicted molar refractivity (Wildman–Crippen MR) is 113 cm³/mol. The molecule has 154 valence electrons. The van der Waals surface area contributed by atoms with E-state index in [1.807, 2.05) is 37.4 Å². The Labute approximate surface area is 174 Å². The van der Waals surface area contributed by atoms with E-state index in [0.29, 0.717) is 17.2 Å². The van der Waals surface area contributed by atoms with Crippen LogP contribution in [0, 0.1) is 19.8 Å². The lowest BCUT2D eigenvalue weighted by Gasteiger charge is -2.22. The Morgan fingerprint density at radius 1 is 0.966 bits per heavy atom. The molecule has 0 bridgehead atoms. The molecule has 0 fully saturated rings. The summed E-state index contributed by atoms with van der Waals surface area (Å²) in [6.07, 6.45) is -3.59. The third-order valence-electron chi connectivity index (χ3n) is 4.83. The summed E-state index contributed by atoms with van der Waals surface area (Å²) in [6, 6.07) is 13.5. The lowest BCUT2D eigenvalue weighted by atomic mass is 9.91. The molecule has 1 unspecified atom stereocenters. The van der Waals surface area contributed by atoms with Crippen LogP contribution in [0.15, 0.2) is 53.9 Å². The number of thiophene rings is 1. The van der Waals surface area contributed by atoms with Gasteiger partial charge in [0.1, 0.15) is 11.9 Å². The van der Waals surface area contributed by atoms with E-state index in [0.717, 1.165) is 28.5 Å². The Morgan fingerprint density at radius 2 is 1.62 bits per heavy atom. The molecule has 0 aliphatic rings. The second-order valence-corrected chi connectivity index (χ2v) is 8.71. The van der Waals surface area contributed by atoms with Crippen molar-refractivity contribution in [2.24, 2.45) is 5.92 Å². The zero-order chi connectivity index (χ0) is 21.2. The van der Waals surface area contributed by atoms with Gasteiger partial charge in [-0.1, -0.05) is 38.1 Å². The van der Waals surface area contributed by atoms with Crippen molar-refractivity contribution in [2.45, 2.75) is 46.4 Å². The summed E-state index contributed by atoms with van der Waals surface area (Å²) in [7, 11) is 0. The molecule has 3 aromatic rings. The normalized spacial score (nSPS) is 13.0. The number of benzene rings is 2. The first-order valence-corrected chi connectivity index (χ1v) is 10.5. The average Bonchev–Trinajstić information content (AvgIpc) is 3.14. The van der Waals surface area contributed by atoms with Crippen LogP contribution in [0.2, 0.25) is 0 Å². The van der Waals surface area contributed by atoms with Crippen LogP contribution in [-0.4, -0.2) is 0 Å². The highest BCUT2D eigenvalue weighted by molar-refractivity contribution is 7.10. The maximum atomic E-state index is 13.5. The van der Waals surface area contributed by atoms with Gasteiger partial charge in [-0.3, -0.25) is 0 Å². The van der Waals surface area contributed by atoms with Gasteiger partial charge in [-0.25, -0.2) is 0 Å². The molecule has 1 nitrogen and oxygen atoms in total. The summed E-state index contributed by atoms with van der Waals surface area (Å²) >= 11 is 1.66. The van der Waals surface area contributed by atoms with Gasteiger partial charge in [-0.05, 0) is 78.1 Å². The summed E-state index contributed by atoms with van der Waals surface area (Å²) in [5.74, 6) is 1.15. The molecule has 1 atom stereocenters. The van der Waals surface area contributed by atoms with E-state index in [2.05, 4.69) is 19.9 Å². The first-order chi connectivity index (χ1) is 13.7. The van der Waals surface area contributed by atoms with Crippen LogP contribution in [0.1, 0.15) is 47.9 Å². The highest BCUT2D eigenvalue weighted by Crippen LogP contribution is 2.41. The standard InChI is InChI=1S/C24H25F3OS/c1-15(2)12-21(22-10-7-11-29-22)28-18-13-16(3)23(17(4)14-18)19-8-5-6-9-20(19)24(25,26)27/h5-11,13-15,21H,12H2,1-4H3. The van der Waals surface area contributed by atoms with Crippen molar-refractivity contribution < 1.29 is 17.9 Å². The SMILES string of the molecule is Cc1cc(OC(CC(C)C)c2cccs2)cc(C)c1-c1ccccc1C(F)(F)F. The summed E-state index contributed by atoms with van der Waals surface area (Å²) in [5.41, 5.74) is 1.74. The van der Waals surface area contributed by atoms with E-state index in [-0.39, 0.29) is 11.7 Å². The summed E-state index contributed by atoms with van der Waals surface area (Å²) in [6.45, 7) is 7.98. The quantitative estimate of drug-likeness (QED) is 0.392. The third-order valence-corrected chi connectivity index (χ3v) is 5.80. The van der Waals surface area contributed by atoms with E-state index < -0.39 is 11.7 Å². The van der Waals surface area contributed by atoms with E-state index in [4.69, 9.17) is 4.74 Å². The van der Waals surface area contributed by atoms with E-state index in [1.54, 1.807) is 17.4 Å². The van der Waals surface area contributed by atoms with E-state index in [9.17, 15) is 13.2 Å². The van der Waals surface area contributed by atoms with Crippen molar-refractivity contribution in [2.75, 3.05) is 0 Å². The first kappa shape index (κ1) is 21.4. The average molecular weight is 419 g/mol. The van der Waals surface area contributed by atoms with E-state index in [1.165, 1.54) is 12.1 Å². The topological polar surface area (TPSA) is 9.23 Å². The van der Waals surface area contributed by atoms with Crippen LogP contribution in [0.25, 0.3) is 11.1 Å². The zero-order valence-electron chi connectivity index (χ0n) is 17.0. The molecular formula is C24H25F3OS. The van der Waals surface area contributed by atoms with Crippen molar-refractivity contribution in [1.82, 2.24) is 0 Å². The molecule has 2 aromatic carbocycles. The molecule has 3 rings (SSSR count). The highest BCUT2D eigenvalue weighted by Gasteiger charge is 2.34. The van der Waals surface area contributed by atoms with Gasteiger partial charge in [-0.15, -0.1) is 11.3 Å². The molecule has 0 radical (unpaired) electrons. The molecule has 1 heterocycles. The lowest BCUT2D eigenvalue weighted by molar-refractivity contribution is -0.137. The summed E-state index contributed by atoms with van der Waals surface area (Å²) in [5, 5.41) is 2.03. The maximum Gasteiger partial charge on any atom is 0.417 e.